The SMILES string of the molecule is CC(Sc1nc2ncccn2n1)C(=O)c1c(N)n(C)c(=O)n(C)c1=O. The predicted octanol–water partition coefficient (Wildman–Crippen LogP) is -0.533. The molecule has 3 aromatic rings. The third-order valence-electron chi connectivity index (χ3n) is 3.70. The number of fused-ring (bicyclic) bond motifs is 1. The zero-order chi connectivity index (χ0) is 18.3. The number of nitrogen functional groups attached to an aromatic ring is 1. The molecule has 0 aliphatic carbocycles. The quantitative estimate of drug-likeness (QED) is 0.485. The number of ketones is 1. The summed E-state index contributed by atoms with van der Waals surface area (Å²) in [5.74, 6) is -0.247. The maximum absolute atomic E-state index is 12.7. The molecule has 0 aliphatic heterocycles. The Morgan fingerprint density at radius 1 is 1.28 bits per heavy atom. The van der Waals surface area contributed by atoms with Gasteiger partial charge in [0.25, 0.3) is 11.3 Å². The standard InChI is InChI=1S/C14H15N7O3S/c1-7(25-13-17-12-16-5-4-6-21(12)18-13)9(22)8-10(15)19(2)14(24)20(3)11(8)23/h4-7H,15H2,1-3H3. The smallest absolute Gasteiger partial charge is 0.332 e. The van der Waals surface area contributed by atoms with Gasteiger partial charge < -0.3 is 5.73 Å². The van der Waals surface area contributed by atoms with Crippen LogP contribution in [0.2, 0.25) is 0 Å². The summed E-state index contributed by atoms with van der Waals surface area (Å²) in [6, 6.07) is 1.71. The number of rotatable bonds is 4. The summed E-state index contributed by atoms with van der Waals surface area (Å²) in [5.41, 5.74) is 4.29. The van der Waals surface area contributed by atoms with Crippen LogP contribution < -0.4 is 17.0 Å². The average Bonchev–Trinajstić information content (AvgIpc) is 3.00. The number of carbonyl (C=O) groups excluding carboxylic acids is 1. The molecule has 3 aromatic heterocycles. The molecule has 1 atom stereocenters. The van der Waals surface area contributed by atoms with Crippen LogP contribution in [0.3, 0.4) is 0 Å². The van der Waals surface area contributed by atoms with Gasteiger partial charge in [-0.2, -0.15) is 4.98 Å². The van der Waals surface area contributed by atoms with Crippen molar-refractivity contribution < 1.29 is 4.79 Å². The van der Waals surface area contributed by atoms with Gasteiger partial charge in [-0.05, 0) is 13.0 Å². The Kier molecular flexibility index (Phi) is 4.17. The Hall–Kier alpha value is -2.95. The average molecular weight is 361 g/mol. The minimum Gasteiger partial charge on any atom is -0.384 e. The van der Waals surface area contributed by atoms with E-state index in [1.165, 1.54) is 18.6 Å². The predicted molar refractivity (Wildman–Crippen MR) is 91.8 cm³/mol. The van der Waals surface area contributed by atoms with E-state index in [9.17, 15) is 14.4 Å². The van der Waals surface area contributed by atoms with Gasteiger partial charge in [0, 0.05) is 26.5 Å². The molecule has 1 unspecified atom stereocenters. The summed E-state index contributed by atoms with van der Waals surface area (Å²) in [7, 11) is 2.70. The molecule has 2 N–H and O–H groups in total. The summed E-state index contributed by atoms with van der Waals surface area (Å²) in [6.07, 6.45) is 3.27. The van der Waals surface area contributed by atoms with E-state index in [0.29, 0.717) is 10.9 Å². The maximum atomic E-state index is 12.7. The molecule has 3 heterocycles. The van der Waals surface area contributed by atoms with E-state index in [1.54, 1.807) is 25.4 Å². The summed E-state index contributed by atoms with van der Waals surface area (Å²) in [5, 5.41) is 3.88. The van der Waals surface area contributed by atoms with Gasteiger partial charge in [-0.1, -0.05) is 11.8 Å². The van der Waals surface area contributed by atoms with Gasteiger partial charge in [-0.25, -0.2) is 14.3 Å². The van der Waals surface area contributed by atoms with Gasteiger partial charge >= 0.3 is 5.69 Å². The lowest BCUT2D eigenvalue weighted by atomic mass is 10.1. The first-order chi connectivity index (χ1) is 11.8. The van der Waals surface area contributed by atoms with E-state index < -0.39 is 22.3 Å². The van der Waals surface area contributed by atoms with Gasteiger partial charge in [0.15, 0.2) is 5.78 Å². The van der Waals surface area contributed by atoms with E-state index >= 15 is 0 Å². The fourth-order valence-corrected chi connectivity index (χ4v) is 3.08. The van der Waals surface area contributed by atoms with E-state index in [0.717, 1.165) is 20.9 Å². The highest BCUT2D eigenvalue weighted by Gasteiger charge is 2.26. The normalized spacial score (nSPS) is 12.4. The number of nitrogens with two attached hydrogens (primary N) is 1. The van der Waals surface area contributed by atoms with Crippen molar-refractivity contribution in [1.82, 2.24) is 28.7 Å². The van der Waals surface area contributed by atoms with Crippen LogP contribution in [-0.2, 0) is 14.1 Å². The monoisotopic (exact) mass is 361 g/mol. The Balaban J connectivity index is 1.95. The molecule has 0 bridgehead atoms. The number of nitrogens with zero attached hydrogens (tertiary/aromatic N) is 6. The second kappa shape index (κ2) is 6.16. The number of thioether (sulfide) groups is 1. The van der Waals surface area contributed by atoms with Crippen molar-refractivity contribution in [2.45, 2.75) is 17.3 Å². The molecule has 0 radical (unpaired) electrons. The topological polar surface area (TPSA) is 130 Å². The molecule has 0 fully saturated rings. The highest BCUT2D eigenvalue weighted by molar-refractivity contribution is 8.00. The lowest BCUT2D eigenvalue weighted by molar-refractivity contribution is 0.0992. The molecule has 0 aromatic carbocycles. The molecule has 0 saturated carbocycles. The Morgan fingerprint density at radius 2 is 2.00 bits per heavy atom. The summed E-state index contributed by atoms with van der Waals surface area (Å²) >= 11 is 1.08. The Bertz CT molecular complexity index is 1060. The van der Waals surface area contributed by atoms with E-state index in [-0.39, 0.29) is 11.4 Å². The number of anilines is 1. The van der Waals surface area contributed by atoms with Gasteiger partial charge in [0.1, 0.15) is 11.4 Å². The third-order valence-corrected chi connectivity index (χ3v) is 4.66. The van der Waals surface area contributed by atoms with Gasteiger partial charge in [0.05, 0.1) is 5.25 Å². The van der Waals surface area contributed by atoms with Crippen molar-refractivity contribution in [3.63, 3.8) is 0 Å². The van der Waals surface area contributed by atoms with Crippen molar-refractivity contribution in [1.29, 1.82) is 0 Å². The van der Waals surface area contributed by atoms with E-state index in [4.69, 9.17) is 5.73 Å². The number of hydrogen-bond acceptors (Lipinski definition) is 8. The molecule has 0 aliphatic rings. The molecular formula is C14H15N7O3S. The summed E-state index contributed by atoms with van der Waals surface area (Å²) in [6.45, 7) is 1.62. The van der Waals surface area contributed by atoms with Crippen LogP contribution in [0.5, 0.6) is 0 Å². The largest absolute Gasteiger partial charge is 0.384 e. The second-order valence-electron chi connectivity index (χ2n) is 5.35. The highest BCUT2D eigenvalue weighted by Crippen LogP contribution is 2.23. The fraction of sp³-hybridized carbons (Fsp3) is 0.286. The summed E-state index contributed by atoms with van der Waals surface area (Å²) < 4.78 is 3.41. The van der Waals surface area contributed by atoms with E-state index in [1.807, 2.05) is 0 Å². The second-order valence-corrected chi connectivity index (χ2v) is 6.66. The number of carbonyl (C=O) groups is 1. The van der Waals surface area contributed by atoms with Crippen LogP contribution in [0.15, 0.2) is 33.2 Å². The summed E-state index contributed by atoms with van der Waals surface area (Å²) in [4.78, 5) is 45.1. The van der Waals surface area contributed by atoms with Crippen LogP contribution in [0, 0.1) is 0 Å². The molecule has 10 nitrogen and oxygen atoms in total. The van der Waals surface area contributed by atoms with Crippen molar-refractivity contribution in [3.05, 3.63) is 44.9 Å². The molecule has 130 valence electrons. The van der Waals surface area contributed by atoms with Gasteiger partial charge in [-0.3, -0.25) is 18.7 Å². The molecule has 3 rings (SSSR count). The van der Waals surface area contributed by atoms with Crippen LogP contribution in [-0.4, -0.2) is 39.7 Å². The molecule has 25 heavy (non-hydrogen) atoms. The lowest BCUT2D eigenvalue weighted by Crippen LogP contribution is -2.42. The van der Waals surface area contributed by atoms with Gasteiger partial charge in [-0.15, -0.1) is 5.10 Å². The third kappa shape index (κ3) is 2.82. The van der Waals surface area contributed by atoms with Crippen LogP contribution in [0.1, 0.15) is 17.3 Å². The fourth-order valence-electron chi connectivity index (χ4n) is 2.27. The zero-order valence-electron chi connectivity index (χ0n) is 13.7. The molecule has 11 heteroatoms. The van der Waals surface area contributed by atoms with Crippen LogP contribution >= 0.6 is 11.8 Å². The lowest BCUT2D eigenvalue weighted by Gasteiger charge is -2.13. The van der Waals surface area contributed by atoms with Crippen LogP contribution in [0.25, 0.3) is 5.78 Å². The molecule has 0 spiro atoms. The molecule has 0 saturated heterocycles. The van der Waals surface area contributed by atoms with Crippen molar-refractivity contribution in [3.8, 4) is 0 Å². The van der Waals surface area contributed by atoms with E-state index in [2.05, 4.69) is 15.1 Å². The van der Waals surface area contributed by atoms with Gasteiger partial charge in [0.2, 0.25) is 5.16 Å². The zero-order valence-corrected chi connectivity index (χ0v) is 14.5. The number of Topliss-reactive ketones (excluding diaryl/α,β-unsaturated/α-hetero) is 1. The number of hydrogen-bond donors (Lipinski definition) is 1. The van der Waals surface area contributed by atoms with Crippen molar-refractivity contribution in [2.75, 3.05) is 5.73 Å². The highest BCUT2D eigenvalue weighted by atomic mass is 32.2. The maximum Gasteiger partial charge on any atom is 0.332 e. The van der Waals surface area contributed by atoms with Crippen molar-refractivity contribution in [2.24, 2.45) is 14.1 Å². The number of aromatic nitrogens is 6. The Labute approximate surface area is 145 Å². The minimum absolute atomic E-state index is 0.157. The molecular weight excluding hydrogens is 346 g/mol. The first-order valence-corrected chi connectivity index (χ1v) is 8.13. The van der Waals surface area contributed by atoms with Crippen LogP contribution in [0.4, 0.5) is 5.82 Å². The minimum atomic E-state index is -0.720. The first kappa shape index (κ1) is 16.9. The van der Waals surface area contributed by atoms with Crippen molar-refractivity contribution >= 4 is 29.1 Å². The first-order valence-electron chi connectivity index (χ1n) is 7.25. The Morgan fingerprint density at radius 3 is 2.68 bits per heavy atom. The molecule has 0 amide bonds.